The van der Waals surface area contributed by atoms with Gasteiger partial charge in [-0.15, -0.1) is 0 Å². The first-order chi connectivity index (χ1) is 9.81. The summed E-state index contributed by atoms with van der Waals surface area (Å²) in [5.74, 6) is 0. The summed E-state index contributed by atoms with van der Waals surface area (Å²) in [4.78, 5) is 0. The molecule has 0 bridgehead atoms. The van der Waals surface area contributed by atoms with Crippen LogP contribution < -0.4 is 21.9 Å². The molecule has 128 valence electrons. The van der Waals surface area contributed by atoms with E-state index in [1.54, 1.807) is 0 Å². The van der Waals surface area contributed by atoms with E-state index >= 15 is 0 Å². The lowest BCUT2D eigenvalue weighted by atomic mass is 9.75. The largest absolute Gasteiger partial charge is 0.330 e. The number of nitrogens with one attached hydrogen (secondary N) is 1. The summed E-state index contributed by atoms with van der Waals surface area (Å²) in [5.41, 5.74) is 17.2. The predicted molar refractivity (Wildman–Crippen MR) is 93.2 cm³/mol. The molecule has 0 aromatic carbocycles. The molecule has 5 nitrogen and oxygen atoms in total. The van der Waals surface area contributed by atoms with Crippen molar-refractivity contribution in [3.63, 3.8) is 0 Å². The van der Waals surface area contributed by atoms with Crippen LogP contribution in [0.4, 0.5) is 0 Å². The van der Waals surface area contributed by atoms with Crippen molar-refractivity contribution >= 4 is 11.0 Å². The van der Waals surface area contributed by atoms with Gasteiger partial charge >= 0.3 is 0 Å². The van der Waals surface area contributed by atoms with Gasteiger partial charge in [-0.1, -0.05) is 0 Å². The van der Waals surface area contributed by atoms with Crippen molar-refractivity contribution in [2.45, 2.75) is 64.0 Å². The third-order valence-corrected chi connectivity index (χ3v) is 5.39. The van der Waals surface area contributed by atoms with Crippen LogP contribution >= 0.6 is 0 Å². The van der Waals surface area contributed by atoms with E-state index in [1.807, 2.05) is 20.8 Å². The van der Waals surface area contributed by atoms with Gasteiger partial charge in [0.05, 0.1) is 15.7 Å². The molecule has 6 heteroatoms. The summed E-state index contributed by atoms with van der Waals surface area (Å²) in [6, 6.07) is 0. The van der Waals surface area contributed by atoms with Crippen LogP contribution in [-0.2, 0) is 11.0 Å². The Bertz CT molecular complexity index is 270. The molecule has 0 saturated carbocycles. The van der Waals surface area contributed by atoms with Crippen LogP contribution in [0.25, 0.3) is 0 Å². The van der Waals surface area contributed by atoms with Gasteiger partial charge in [-0.25, -0.2) is 8.93 Å². The SMILES string of the molecule is CC(C)(C)S(=O)NCC(CCCN)(CCCN)CCCN. The molecule has 7 N–H and O–H groups in total. The third kappa shape index (κ3) is 8.88. The van der Waals surface area contributed by atoms with Crippen molar-refractivity contribution in [3.8, 4) is 0 Å². The number of nitrogens with two attached hydrogens (primary N) is 3. The second-order valence-corrected chi connectivity index (χ2v) is 8.93. The van der Waals surface area contributed by atoms with Gasteiger partial charge in [0.1, 0.15) is 0 Å². The highest BCUT2D eigenvalue weighted by Gasteiger charge is 2.30. The molecule has 0 fully saturated rings. The molecule has 0 amide bonds. The van der Waals surface area contributed by atoms with E-state index in [0.29, 0.717) is 19.6 Å². The van der Waals surface area contributed by atoms with Crippen LogP contribution in [0.3, 0.4) is 0 Å². The smallest absolute Gasteiger partial charge is 0.0970 e. The van der Waals surface area contributed by atoms with Crippen molar-refractivity contribution in [1.29, 1.82) is 0 Å². The van der Waals surface area contributed by atoms with Crippen molar-refractivity contribution in [2.24, 2.45) is 22.6 Å². The van der Waals surface area contributed by atoms with Gasteiger partial charge in [0.25, 0.3) is 0 Å². The van der Waals surface area contributed by atoms with Crippen molar-refractivity contribution in [2.75, 3.05) is 26.2 Å². The first-order valence-corrected chi connectivity index (χ1v) is 9.22. The average molecular weight is 321 g/mol. The van der Waals surface area contributed by atoms with E-state index in [4.69, 9.17) is 17.2 Å². The van der Waals surface area contributed by atoms with Gasteiger partial charge < -0.3 is 17.2 Å². The van der Waals surface area contributed by atoms with E-state index in [0.717, 1.165) is 45.1 Å². The van der Waals surface area contributed by atoms with E-state index < -0.39 is 11.0 Å². The van der Waals surface area contributed by atoms with Crippen LogP contribution in [0.15, 0.2) is 0 Å². The Balaban J connectivity index is 4.81. The number of hydrogen-bond donors (Lipinski definition) is 4. The first kappa shape index (κ1) is 21.0. The predicted octanol–water partition coefficient (Wildman–Crippen LogP) is 1.24. The topological polar surface area (TPSA) is 107 Å². The minimum Gasteiger partial charge on any atom is -0.330 e. The minimum atomic E-state index is -1.04. The molecule has 0 aliphatic heterocycles. The summed E-state index contributed by atoms with van der Waals surface area (Å²) in [6.45, 7) is 8.77. The Morgan fingerprint density at radius 2 is 1.24 bits per heavy atom. The fourth-order valence-electron chi connectivity index (χ4n) is 2.51. The van der Waals surface area contributed by atoms with E-state index in [9.17, 15) is 4.21 Å². The molecule has 0 radical (unpaired) electrons. The zero-order chi connectivity index (χ0) is 16.4. The van der Waals surface area contributed by atoms with E-state index in [2.05, 4.69) is 4.72 Å². The second-order valence-electron chi connectivity index (χ2n) is 6.88. The first-order valence-electron chi connectivity index (χ1n) is 8.07. The van der Waals surface area contributed by atoms with Crippen molar-refractivity contribution in [1.82, 2.24) is 4.72 Å². The lowest BCUT2D eigenvalue weighted by Gasteiger charge is -2.35. The summed E-state index contributed by atoms with van der Waals surface area (Å²) in [7, 11) is -1.04. The Kier molecular flexibility index (Phi) is 10.7. The van der Waals surface area contributed by atoms with Gasteiger partial charge in [-0.2, -0.15) is 0 Å². The fraction of sp³-hybridized carbons (Fsp3) is 1.00. The molecule has 0 saturated heterocycles. The Labute approximate surface area is 133 Å². The Hall–Kier alpha value is -0.0100. The summed E-state index contributed by atoms with van der Waals surface area (Å²) >= 11 is 0. The highest BCUT2D eigenvalue weighted by molar-refractivity contribution is 7.84. The maximum absolute atomic E-state index is 12.3. The minimum absolute atomic E-state index is 0.110. The van der Waals surface area contributed by atoms with Gasteiger partial charge in [-0.3, -0.25) is 0 Å². The lowest BCUT2D eigenvalue weighted by molar-refractivity contribution is 0.209. The maximum atomic E-state index is 12.3. The zero-order valence-electron chi connectivity index (χ0n) is 14.1. The van der Waals surface area contributed by atoms with Crippen LogP contribution in [0.5, 0.6) is 0 Å². The molecule has 0 rings (SSSR count). The van der Waals surface area contributed by atoms with Gasteiger partial charge in [0.2, 0.25) is 0 Å². The molecule has 1 atom stereocenters. The van der Waals surface area contributed by atoms with Crippen molar-refractivity contribution in [3.05, 3.63) is 0 Å². The number of hydrogen-bond acceptors (Lipinski definition) is 4. The monoisotopic (exact) mass is 320 g/mol. The van der Waals surface area contributed by atoms with Crippen LogP contribution in [0.2, 0.25) is 0 Å². The molecule has 0 heterocycles. The average Bonchev–Trinajstić information content (AvgIpc) is 2.44. The standard InChI is InChI=1S/C15H36N4OS/c1-14(2,3)21(20)19-13-15(7-4-10-16,8-5-11-17)9-6-12-18/h19H,4-13,16-18H2,1-3H3. The fourth-order valence-corrected chi connectivity index (χ4v) is 3.38. The lowest BCUT2D eigenvalue weighted by Crippen LogP contribution is -2.41. The Morgan fingerprint density at radius 1 is 0.857 bits per heavy atom. The molecule has 21 heavy (non-hydrogen) atoms. The van der Waals surface area contributed by atoms with E-state index in [1.165, 1.54) is 0 Å². The zero-order valence-corrected chi connectivity index (χ0v) is 14.9. The number of rotatable bonds is 12. The van der Waals surface area contributed by atoms with Crippen LogP contribution in [-0.4, -0.2) is 35.1 Å². The quantitative estimate of drug-likeness (QED) is 0.434. The molecule has 0 spiro atoms. The normalized spacial score (nSPS) is 14.4. The molecular formula is C15H36N4OS. The highest BCUT2D eigenvalue weighted by Crippen LogP contribution is 2.34. The second kappa shape index (κ2) is 10.7. The molecule has 0 aliphatic rings. The van der Waals surface area contributed by atoms with E-state index in [-0.39, 0.29) is 10.2 Å². The van der Waals surface area contributed by atoms with Gasteiger partial charge in [0, 0.05) is 6.54 Å². The third-order valence-electron chi connectivity index (χ3n) is 3.87. The molecule has 0 aliphatic carbocycles. The van der Waals surface area contributed by atoms with Crippen molar-refractivity contribution < 1.29 is 4.21 Å². The molecule has 0 aromatic heterocycles. The molecular weight excluding hydrogens is 284 g/mol. The summed E-state index contributed by atoms with van der Waals surface area (Å²) in [5, 5.41) is 0. The van der Waals surface area contributed by atoms with Gasteiger partial charge in [0.15, 0.2) is 0 Å². The van der Waals surface area contributed by atoms with Gasteiger partial charge in [-0.05, 0) is 84.3 Å². The van der Waals surface area contributed by atoms with Crippen LogP contribution in [0.1, 0.15) is 59.3 Å². The Morgan fingerprint density at radius 3 is 1.52 bits per heavy atom. The molecule has 1 unspecified atom stereocenters. The molecule has 0 aromatic rings. The highest BCUT2D eigenvalue weighted by atomic mass is 32.2. The van der Waals surface area contributed by atoms with Crippen LogP contribution in [0, 0.1) is 5.41 Å². The maximum Gasteiger partial charge on any atom is 0.0970 e. The summed E-state index contributed by atoms with van der Waals surface area (Å²) in [6.07, 6.45) is 6.07. The summed E-state index contributed by atoms with van der Waals surface area (Å²) < 4.78 is 15.2.